The zero-order chi connectivity index (χ0) is 15.1. The fraction of sp³-hybridized carbons (Fsp3) is 0.333. The predicted octanol–water partition coefficient (Wildman–Crippen LogP) is 4.62. The lowest BCUT2D eigenvalue weighted by atomic mass is 10.1. The van der Waals surface area contributed by atoms with Gasteiger partial charge in [-0.15, -0.1) is 0 Å². The van der Waals surface area contributed by atoms with Crippen LogP contribution in [0.5, 0.6) is 11.5 Å². The van der Waals surface area contributed by atoms with E-state index in [1.165, 1.54) is 22.3 Å². The second kappa shape index (κ2) is 7.59. The monoisotopic (exact) mass is 272 g/mol. The van der Waals surface area contributed by atoms with Crippen molar-refractivity contribution in [3.8, 4) is 11.5 Å². The minimum atomic E-state index is 0.956. The van der Waals surface area contributed by atoms with Crippen LogP contribution in [-0.2, 0) is 0 Å². The van der Waals surface area contributed by atoms with Gasteiger partial charge in [0, 0.05) is 0 Å². The third-order valence-electron chi connectivity index (χ3n) is 3.32. The summed E-state index contributed by atoms with van der Waals surface area (Å²) in [7, 11) is 3.39. The van der Waals surface area contributed by atoms with Crippen LogP contribution in [0.4, 0.5) is 0 Å². The summed E-state index contributed by atoms with van der Waals surface area (Å²) in [6.45, 7) is 8.29. The van der Waals surface area contributed by atoms with E-state index in [0.29, 0.717) is 0 Å². The maximum atomic E-state index is 5.18. The average molecular weight is 272 g/mol. The molecule has 0 saturated carbocycles. The minimum Gasteiger partial charge on any atom is -0.496 e. The van der Waals surface area contributed by atoms with Crippen LogP contribution >= 0.6 is 0 Å². The summed E-state index contributed by atoms with van der Waals surface area (Å²) in [6.07, 6.45) is 0. The van der Waals surface area contributed by atoms with Crippen molar-refractivity contribution in [2.45, 2.75) is 27.7 Å². The van der Waals surface area contributed by atoms with Crippen molar-refractivity contribution in [3.63, 3.8) is 0 Å². The van der Waals surface area contributed by atoms with Gasteiger partial charge in [-0.05, 0) is 62.1 Å². The molecule has 0 spiro atoms. The summed E-state index contributed by atoms with van der Waals surface area (Å²) < 4.78 is 10.2. The van der Waals surface area contributed by atoms with E-state index in [1.807, 2.05) is 31.2 Å². The minimum absolute atomic E-state index is 0.956. The molecule has 0 aromatic heterocycles. The summed E-state index contributed by atoms with van der Waals surface area (Å²) in [4.78, 5) is 0. The molecule has 0 unspecified atom stereocenters. The molecule has 2 nitrogen and oxygen atoms in total. The molecule has 0 aliphatic rings. The molecule has 0 saturated heterocycles. The Bertz CT molecular complexity index is 559. The smallest absolute Gasteiger partial charge is 0.122 e. The second-order valence-corrected chi connectivity index (χ2v) is 4.88. The predicted molar refractivity (Wildman–Crippen MR) is 84.9 cm³/mol. The van der Waals surface area contributed by atoms with Gasteiger partial charge in [0.15, 0.2) is 0 Å². The average Bonchev–Trinajstić information content (AvgIpc) is 2.44. The molecule has 0 atom stereocenters. The largest absolute Gasteiger partial charge is 0.496 e. The summed E-state index contributed by atoms with van der Waals surface area (Å²) >= 11 is 0. The summed E-state index contributed by atoms with van der Waals surface area (Å²) in [6, 6.07) is 12.2. The third kappa shape index (κ3) is 4.30. The highest BCUT2D eigenvalue weighted by Gasteiger charge is 1.99. The van der Waals surface area contributed by atoms with Gasteiger partial charge in [0.25, 0.3) is 0 Å². The van der Waals surface area contributed by atoms with Gasteiger partial charge in [0.1, 0.15) is 11.5 Å². The molecule has 0 radical (unpaired) electrons. The number of para-hydroxylation sites is 1. The molecule has 108 valence electrons. The highest BCUT2D eigenvalue weighted by atomic mass is 16.5. The van der Waals surface area contributed by atoms with Crippen molar-refractivity contribution in [2.75, 3.05) is 14.2 Å². The molecule has 0 N–H and O–H groups in total. The zero-order valence-electron chi connectivity index (χ0n) is 13.3. The van der Waals surface area contributed by atoms with E-state index < -0.39 is 0 Å². The van der Waals surface area contributed by atoms with Gasteiger partial charge in [-0.25, -0.2) is 0 Å². The SMILES string of the molecule is COc1cc(C)c(C)cc1C.COc1ccccc1C. The Morgan fingerprint density at radius 2 is 1.15 bits per heavy atom. The molecule has 0 bridgehead atoms. The van der Waals surface area contributed by atoms with E-state index in [-0.39, 0.29) is 0 Å². The summed E-state index contributed by atoms with van der Waals surface area (Å²) in [5.74, 6) is 1.94. The zero-order valence-corrected chi connectivity index (χ0v) is 13.3. The Hall–Kier alpha value is -1.96. The van der Waals surface area contributed by atoms with Gasteiger partial charge < -0.3 is 9.47 Å². The van der Waals surface area contributed by atoms with Crippen molar-refractivity contribution < 1.29 is 9.47 Å². The van der Waals surface area contributed by atoms with Crippen molar-refractivity contribution >= 4 is 0 Å². The fourth-order valence-corrected chi connectivity index (χ4v) is 1.94. The Balaban J connectivity index is 0.000000204. The van der Waals surface area contributed by atoms with E-state index in [1.54, 1.807) is 14.2 Å². The van der Waals surface area contributed by atoms with Crippen molar-refractivity contribution in [2.24, 2.45) is 0 Å². The lowest BCUT2D eigenvalue weighted by molar-refractivity contribution is 0.411. The fourth-order valence-electron chi connectivity index (χ4n) is 1.94. The molecule has 2 heteroatoms. The number of hydrogen-bond donors (Lipinski definition) is 0. The highest BCUT2D eigenvalue weighted by Crippen LogP contribution is 2.21. The topological polar surface area (TPSA) is 18.5 Å². The van der Waals surface area contributed by atoms with E-state index >= 15 is 0 Å². The van der Waals surface area contributed by atoms with Crippen LogP contribution in [0, 0.1) is 27.7 Å². The molecular formula is C18H24O2. The molecule has 0 fully saturated rings. The molecule has 2 aromatic carbocycles. The molecule has 20 heavy (non-hydrogen) atoms. The van der Waals surface area contributed by atoms with Crippen LogP contribution in [-0.4, -0.2) is 14.2 Å². The van der Waals surface area contributed by atoms with E-state index in [9.17, 15) is 0 Å². The van der Waals surface area contributed by atoms with Gasteiger partial charge in [-0.2, -0.15) is 0 Å². The van der Waals surface area contributed by atoms with Gasteiger partial charge in [0.2, 0.25) is 0 Å². The molecule has 2 rings (SSSR count). The van der Waals surface area contributed by atoms with Crippen LogP contribution in [0.25, 0.3) is 0 Å². The van der Waals surface area contributed by atoms with Crippen LogP contribution in [0.15, 0.2) is 36.4 Å². The first-order valence-electron chi connectivity index (χ1n) is 6.71. The first-order valence-corrected chi connectivity index (χ1v) is 6.71. The lowest BCUT2D eigenvalue weighted by Crippen LogP contribution is -1.90. The number of hydrogen-bond acceptors (Lipinski definition) is 2. The standard InChI is InChI=1S/C10H14O.C8H10O/c1-7-5-9(3)10(11-4)6-8(7)2;1-7-5-3-4-6-8(7)9-2/h5-6H,1-4H3;3-6H,1-2H3. The molecule has 0 aliphatic carbocycles. The van der Waals surface area contributed by atoms with Crippen molar-refractivity contribution in [1.82, 2.24) is 0 Å². The number of aryl methyl sites for hydroxylation is 4. The second-order valence-electron chi connectivity index (χ2n) is 4.88. The van der Waals surface area contributed by atoms with Gasteiger partial charge >= 0.3 is 0 Å². The Morgan fingerprint density at radius 1 is 0.600 bits per heavy atom. The Labute approximate surface area is 122 Å². The van der Waals surface area contributed by atoms with Crippen molar-refractivity contribution in [1.29, 1.82) is 0 Å². The van der Waals surface area contributed by atoms with Crippen LogP contribution in [0.3, 0.4) is 0 Å². The maximum absolute atomic E-state index is 5.18. The number of ether oxygens (including phenoxy) is 2. The van der Waals surface area contributed by atoms with Crippen LogP contribution in [0.1, 0.15) is 22.3 Å². The van der Waals surface area contributed by atoms with E-state index in [4.69, 9.17) is 9.47 Å². The quantitative estimate of drug-likeness (QED) is 0.794. The molecule has 0 heterocycles. The highest BCUT2D eigenvalue weighted by molar-refractivity contribution is 5.40. The van der Waals surface area contributed by atoms with Crippen LogP contribution in [0.2, 0.25) is 0 Å². The molecule has 0 amide bonds. The first-order chi connectivity index (χ1) is 9.49. The van der Waals surface area contributed by atoms with Gasteiger partial charge in [0.05, 0.1) is 14.2 Å². The van der Waals surface area contributed by atoms with Gasteiger partial charge in [-0.1, -0.05) is 24.3 Å². The molecular weight excluding hydrogens is 248 g/mol. The summed E-state index contributed by atoms with van der Waals surface area (Å²) in [5.41, 5.74) is 4.99. The van der Waals surface area contributed by atoms with Gasteiger partial charge in [-0.3, -0.25) is 0 Å². The number of methoxy groups -OCH3 is 2. The number of rotatable bonds is 2. The maximum Gasteiger partial charge on any atom is 0.122 e. The summed E-state index contributed by atoms with van der Waals surface area (Å²) in [5, 5.41) is 0. The normalized spacial score (nSPS) is 9.50. The molecule has 0 aliphatic heterocycles. The Morgan fingerprint density at radius 3 is 1.65 bits per heavy atom. The Kier molecular flexibility index (Phi) is 6.10. The van der Waals surface area contributed by atoms with Crippen LogP contribution < -0.4 is 9.47 Å². The number of benzene rings is 2. The van der Waals surface area contributed by atoms with E-state index in [2.05, 4.69) is 32.9 Å². The third-order valence-corrected chi connectivity index (χ3v) is 3.32. The van der Waals surface area contributed by atoms with E-state index in [0.717, 1.165) is 11.5 Å². The molecule has 2 aromatic rings. The lowest BCUT2D eigenvalue weighted by Gasteiger charge is -2.07. The van der Waals surface area contributed by atoms with Crippen molar-refractivity contribution in [3.05, 3.63) is 58.7 Å². The first kappa shape index (κ1) is 16.1.